The van der Waals surface area contributed by atoms with Gasteiger partial charge in [0, 0.05) is 39.2 Å². The van der Waals surface area contributed by atoms with Crippen LogP contribution in [0.2, 0.25) is 0 Å². The van der Waals surface area contributed by atoms with Crippen LogP contribution in [-0.4, -0.2) is 0 Å². The second-order valence-corrected chi connectivity index (χ2v) is 20.3. The third kappa shape index (κ3) is 7.72. The third-order valence-corrected chi connectivity index (χ3v) is 13.6. The number of nitrogens with zero attached hydrogens (tertiary/aromatic N) is 2. The zero-order valence-electron chi connectivity index (χ0n) is 39.0. The van der Waals surface area contributed by atoms with Gasteiger partial charge in [-0.3, -0.25) is 0 Å². The van der Waals surface area contributed by atoms with Gasteiger partial charge in [0.15, 0.2) is 0 Å². The van der Waals surface area contributed by atoms with Crippen LogP contribution < -0.4 is 9.80 Å². The lowest BCUT2D eigenvalue weighted by molar-refractivity contribution is 0.590. The summed E-state index contributed by atoms with van der Waals surface area (Å²) in [7, 11) is 0. The summed E-state index contributed by atoms with van der Waals surface area (Å²) in [6, 6.07) is 76.4. The lowest BCUT2D eigenvalue weighted by Gasteiger charge is -2.31. The standard InChI is InChI=1S/C63H58N2/c1-61(2,3)47-27-35-50(36-28-47)64(49-31-23-45(24-32-49)43-17-11-9-12-18-43)53-39-40-56-57(41-53)63(7,8)58-42-59(54-21-15-16-22-55(54)60(56)58)65(52-37-29-48(30-38-52)62(4,5)6)51-33-25-46(26-34-51)44-19-13-10-14-20-44/h9-42H,1-8H3. The van der Waals surface area contributed by atoms with Crippen LogP contribution in [0.15, 0.2) is 206 Å². The Morgan fingerprint density at radius 1 is 0.338 bits per heavy atom. The summed E-state index contributed by atoms with van der Waals surface area (Å²) < 4.78 is 0. The Balaban J connectivity index is 1.12. The molecule has 0 bridgehead atoms. The fourth-order valence-corrected chi connectivity index (χ4v) is 9.84. The third-order valence-electron chi connectivity index (χ3n) is 13.6. The van der Waals surface area contributed by atoms with Crippen LogP contribution in [-0.2, 0) is 16.2 Å². The van der Waals surface area contributed by atoms with Crippen LogP contribution in [0.5, 0.6) is 0 Å². The molecule has 0 aliphatic heterocycles. The van der Waals surface area contributed by atoms with E-state index in [1.165, 1.54) is 72.1 Å². The van der Waals surface area contributed by atoms with Crippen LogP contribution in [0.1, 0.15) is 77.6 Å². The Bertz CT molecular complexity index is 3130. The van der Waals surface area contributed by atoms with Crippen molar-refractivity contribution in [2.75, 3.05) is 9.80 Å². The van der Waals surface area contributed by atoms with Crippen molar-refractivity contribution in [1.29, 1.82) is 0 Å². The molecule has 2 nitrogen and oxygen atoms in total. The van der Waals surface area contributed by atoms with Gasteiger partial charge in [-0.1, -0.05) is 195 Å². The van der Waals surface area contributed by atoms with Crippen LogP contribution in [0, 0.1) is 0 Å². The highest BCUT2D eigenvalue weighted by molar-refractivity contribution is 6.10. The Hall–Kier alpha value is -7.16. The normalized spacial score (nSPS) is 13.0. The first-order chi connectivity index (χ1) is 31.3. The zero-order chi connectivity index (χ0) is 45.1. The Morgan fingerprint density at radius 2 is 0.723 bits per heavy atom. The number of anilines is 6. The summed E-state index contributed by atoms with van der Waals surface area (Å²) in [5.41, 5.74) is 19.4. The van der Waals surface area contributed by atoms with Crippen LogP contribution in [0.25, 0.3) is 44.2 Å². The lowest BCUT2D eigenvalue weighted by atomic mass is 9.81. The minimum absolute atomic E-state index is 0.0483. The van der Waals surface area contributed by atoms with Gasteiger partial charge in [0.2, 0.25) is 0 Å². The second kappa shape index (κ2) is 16.1. The predicted octanol–water partition coefficient (Wildman–Crippen LogP) is 18.0. The highest BCUT2D eigenvalue weighted by atomic mass is 15.1. The van der Waals surface area contributed by atoms with E-state index >= 15 is 0 Å². The quantitative estimate of drug-likeness (QED) is 0.150. The molecule has 0 N–H and O–H groups in total. The van der Waals surface area contributed by atoms with Gasteiger partial charge >= 0.3 is 0 Å². The molecule has 1 aliphatic carbocycles. The molecular formula is C63H58N2. The topological polar surface area (TPSA) is 6.48 Å². The maximum absolute atomic E-state index is 2.49. The predicted molar refractivity (Wildman–Crippen MR) is 279 cm³/mol. The molecule has 0 heterocycles. The average molecular weight is 843 g/mol. The smallest absolute Gasteiger partial charge is 0.0543 e. The molecule has 9 aromatic rings. The molecule has 0 aromatic heterocycles. The van der Waals surface area contributed by atoms with Gasteiger partial charge in [-0.25, -0.2) is 0 Å². The van der Waals surface area contributed by atoms with E-state index in [1.807, 2.05) is 0 Å². The summed E-state index contributed by atoms with van der Waals surface area (Å²) in [5, 5.41) is 2.49. The van der Waals surface area contributed by atoms with Crippen molar-refractivity contribution < 1.29 is 0 Å². The molecule has 0 fully saturated rings. The van der Waals surface area contributed by atoms with Crippen LogP contribution in [0.3, 0.4) is 0 Å². The van der Waals surface area contributed by atoms with Crippen LogP contribution in [0.4, 0.5) is 34.1 Å². The first kappa shape index (κ1) is 41.8. The number of rotatable bonds is 8. The zero-order valence-corrected chi connectivity index (χ0v) is 39.0. The fraction of sp³-hybridized carbons (Fsp3) is 0.175. The van der Waals surface area contributed by atoms with E-state index in [0.29, 0.717) is 0 Å². The fourth-order valence-electron chi connectivity index (χ4n) is 9.84. The van der Waals surface area contributed by atoms with Gasteiger partial charge in [-0.2, -0.15) is 0 Å². The van der Waals surface area contributed by atoms with Gasteiger partial charge < -0.3 is 9.80 Å². The van der Waals surface area contributed by atoms with E-state index in [9.17, 15) is 0 Å². The van der Waals surface area contributed by atoms with Crippen molar-refractivity contribution in [2.24, 2.45) is 0 Å². The Morgan fingerprint density at radius 3 is 1.18 bits per heavy atom. The Labute approximate surface area is 386 Å². The number of hydrogen-bond donors (Lipinski definition) is 0. The number of fused-ring (bicyclic) bond motifs is 5. The van der Waals surface area contributed by atoms with Crippen molar-refractivity contribution in [3.63, 3.8) is 0 Å². The molecule has 0 saturated heterocycles. The van der Waals surface area contributed by atoms with Crippen molar-refractivity contribution >= 4 is 44.9 Å². The van der Waals surface area contributed by atoms with Crippen molar-refractivity contribution in [3.8, 4) is 33.4 Å². The minimum atomic E-state index is -0.294. The second-order valence-electron chi connectivity index (χ2n) is 20.3. The maximum Gasteiger partial charge on any atom is 0.0543 e. The summed E-state index contributed by atoms with van der Waals surface area (Å²) in [6.07, 6.45) is 0. The largest absolute Gasteiger partial charge is 0.310 e. The van der Waals surface area contributed by atoms with Crippen molar-refractivity contribution in [1.82, 2.24) is 0 Å². The molecule has 9 aromatic carbocycles. The van der Waals surface area contributed by atoms with E-state index in [-0.39, 0.29) is 16.2 Å². The van der Waals surface area contributed by atoms with E-state index < -0.39 is 0 Å². The van der Waals surface area contributed by atoms with E-state index in [4.69, 9.17) is 0 Å². The molecule has 320 valence electrons. The molecule has 0 radical (unpaired) electrons. The first-order valence-electron chi connectivity index (χ1n) is 23.1. The molecule has 0 unspecified atom stereocenters. The van der Waals surface area contributed by atoms with E-state index in [1.54, 1.807) is 0 Å². The minimum Gasteiger partial charge on any atom is -0.310 e. The molecular weight excluding hydrogens is 785 g/mol. The molecule has 1 aliphatic rings. The van der Waals surface area contributed by atoms with Crippen molar-refractivity contribution in [2.45, 2.75) is 71.6 Å². The van der Waals surface area contributed by atoms with E-state index in [2.05, 4.69) is 271 Å². The highest BCUT2D eigenvalue weighted by Crippen LogP contribution is 2.56. The lowest BCUT2D eigenvalue weighted by Crippen LogP contribution is -2.18. The average Bonchev–Trinajstić information content (AvgIpc) is 3.55. The monoisotopic (exact) mass is 842 g/mol. The first-order valence-corrected chi connectivity index (χ1v) is 23.1. The number of benzene rings is 9. The summed E-state index contributed by atoms with van der Waals surface area (Å²) in [5.74, 6) is 0. The van der Waals surface area contributed by atoms with Crippen molar-refractivity contribution in [3.05, 3.63) is 229 Å². The van der Waals surface area contributed by atoms with Gasteiger partial charge in [0.25, 0.3) is 0 Å². The molecule has 0 atom stereocenters. The van der Waals surface area contributed by atoms with Gasteiger partial charge in [0.05, 0.1) is 5.69 Å². The van der Waals surface area contributed by atoms with Gasteiger partial charge in [-0.05, 0) is 139 Å². The van der Waals surface area contributed by atoms with Gasteiger partial charge in [0.1, 0.15) is 0 Å². The highest BCUT2D eigenvalue weighted by Gasteiger charge is 2.38. The Kier molecular flexibility index (Phi) is 10.4. The van der Waals surface area contributed by atoms with Gasteiger partial charge in [-0.15, -0.1) is 0 Å². The summed E-state index contributed by atoms with van der Waals surface area (Å²) in [4.78, 5) is 4.89. The molecule has 0 saturated carbocycles. The molecule has 2 heteroatoms. The van der Waals surface area contributed by atoms with Crippen LogP contribution >= 0.6 is 0 Å². The molecule has 0 amide bonds. The molecule has 0 spiro atoms. The molecule has 10 rings (SSSR count). The molecule has 65 heavy (non-hydrogen) atoms. The summed E-state index contributed by atoms with van der Waals surface area (Å²) in [6.45, 7) is 18.5. The number of hydrogen-bond acceptors (Lipinski definition) is 2. The van der Waals surface area contributed by atoms with E-state index in [0.717, 1.165) is 28.4 Å². The SMILES string of the molecule is CC(C)(C)c1ccc(N(c2ccc(-c3ccccc3)cc2)c2ccc3c(c2)C(C)(C)c2cc(N(c4ccc(-c5ccccc5)cc4)c4ccc(C(C)(C)C)cc4)c4ccccc4c2-3)cc1. The summed E-state index contributed by atoms with van der Waals surface area (Å²) >= 11 is 0. The maximum atomic E-state index is 2.49.